The van der Waals surface area contributed by atoms with Gasteiger partial charge in [-0.3, -0.25) is 4.79 Å². The van der Waals surface area contributed by atoms with Crippen molar-refractivity contribution >= 4 is 38.6 Å². The number of carbonyl (C=O) groups excluding carboxylic acids is 1. The molecule has 1 unspecified atom stereocenters. The van der Waals surface area contributed by atoms with Crippen LogP contribution < -0.4 is 15.8 Å². The first-order valence-electron chi connectivity index (χ1n) is 10.5. The van der Waals surface area contributed by atoms with Crippen LogP contribution in [0.3, 0.4) is 0 Å². The molecule has 1 spiro atoms. The molecule has 4 N–H and O–H groups in total. The number of benzene rings is 1. The third-order valence-corrected chi connectivity index (χ3v) is 7.29. The number of halogens is 1. The number of nitrogens with zero attached hydrogens (tertiary/aromatic N) is 3. The molecule has 2 aliphatic rings. The highest BCUT2D eigenvalue weighted by Gasteiger charge is 2.48. The third-order valence-electron chi connectivity index (χ3n) is 6.36. The molecule has 9 nitrogen and oxygen atoms in total. The summed E-state index contributed by atoms with van der Waals surface area (Å²) in [6.45, 7) is -0.701. The Kier molecular flexibility index (Phi) is 4.90. The van der Waals surface area contributed by atoms with Crippen molar-refractivity contribution in [3.05, 3.63) is 42.2 Å². The second-order valence-electron chi connectivity index (χ2n) is 8.34. The van der Waals surface area contributed by atoms with Crippen LogP contribution in [0.15, 0.2) is 41.4 Å². The average Bonchev–Trinajstić information content (AvgIpc) is 3.16. The maximum absolute atomic E-state index is 13.8. The second-order valence-corrected chi connectivity index (χ2v) is 9.91. The van der Waals surface area contributed by atoms with Crippen molar-refractivity contribution < 1.29 is 17.6 Å². The zero-order valence-corrected chi connectivity index (χ0v) is 18.0. The van der Waals surface area contributed by atoms with Crippen molar-refractivity contribution in [3.8, 4) is 0 Å². The number of hydrogen-bond donors (Lipinski definition) is 3. The van der Waals surface area contributed by atoms with Crippen molar-refractivity contribution in [3.63, 3.8) is 0 Å². The van der Waals surface area contributed by atoms with E-state index in [1.165, 1.54) is 12.1 Å². The molecule has 1 aliphatic carbocycles. The molecular weight excluding hydrogens is 435 g/mol. The predicted molar refractivity (Wildman–Crippen MR) is 117 cm³/mol. The Hall–Kier alpha value is -3.05. The van der Waals surface area contributed by atoms with Gasteiger partial charge >= 0.3 is 0 Å². The van der Waals surface area contributed by atoms with Gasteiger partial charge in [0.1, 0.15) is 17.9 Å². The van der Waals surface area contributed by atoms with Gasteiger partial charge in [-0.1, -0.05) is 19.3 Å². The molecule has 32 heavy (non-hydrogen) atoms. The molecule has 1 fully saturated rings. The van der Waals surface area contributed by atoms with Gasteiger partial charge in [0.2, 0.25) is 21.9 Å². The Morgan fingerprint density at radius 2 is 1.94 bits per heavy atom. The van der Waals surface area contributed by atoms with Gasteiger partial charge in [-0.25, -0.2) is 22.9 Å². The largest absolute Gasteiger partial charge is 0.343 e. The first kappa shape index (κ1) is 20.8. The topological polar surface area (TPSA) is 132 Å². The minimum Gasteiger partial charge on any atom is -0.343 e. The van der Waals surface area contributed by atoms with Gasteiger partial charge in [0.15, 0.2) is 0 Å². The number of nitrogens with two attached hydrogens (primary N) is 1. The van der Waals surface area contributed by atoms with E-state index in [9.17, 15) is 17.6 Å². The second kappa shape index (κ2) is 7.52. The molecule has 0 saturated heterocycles. The molecule has 5 rings (SSSR count). The fourth-order valence-electron chi connectivity index (χ4n) is 4.81. The number of alkyl halides is 1. The lowest BCUT2D eigenvalue weighted by Gasteiger charge is -2.43. The van der Waals surface area contributed by atoms with E-state index in [-0.39, 0.29) is 16.8 Å². The highest BCUT2D eigenvalue weighted by Crippen LogP contribution is 2.43. The molecule has 0 bridgehead atoms. The van der Waals surface area contributed by atoms with Crippen molar-refractivity contribution in [1.29, 1.82) is 0 Å². The van der Waals surface area contributed by atoms with Crippen LogP contribution in [0.2, 0.25) is 0 Å². The van der Waals surface area contributed by atoms with Crippen LogP contribution in [0.5, 0.6) is 0 Å². The summed E-state index contributed by atoms with van der Waals surface area (Å²) < 4.78 is 38.6. The van der Waals surface area contributed by atoms with Gasteiger partial charge in [0, 0.05) is 23.0 Å². The summed E-state index contributed by atoms with van der Waals surface area (Å²) in [5.74, 6) is 0.132. The highest BCUT2D eigenvalue weighted by atomic mass is 32.2. The van der Waals surface area contributed by atoms with E-state index in [0.29, 0.717) is 29.9 Å². The number of carbonyl (C=O) groups is 1. The standard InChI is InChI=1S/C21H23FN6O3S/c22-11-16-17-10-13-12-24-20(25-14-4-6-15(7-5-14)32(23,30)31)27-18(13)28(17)21(19(29)26-16)8-2-1-3-9-21/h4-7,10,12,16H,1-3,8-9,11H2,(H,26,29)(H2,23,30,31)(H,24,25,27). The van der Waals surface area contributed by atoms with Crippen LogP contribution in [0.4, 0.5) is 16.0 Å². The monoisotopic (exact) mass is 458 g/mol. The molecule has 3 aromatic rings. The Bertz CT molecular complexity index is 1300. The third kappa shape index (κ3) is 3.32. The van der Waals surface area contributed by atoms with E-state index in [2.05, 4.69) is 20.6 Å². The Balaban J connectivity index is 1.58. The van der Waals surface area contributed by atoms with Gasteiger partial charge in [-0.05, 0) is 43.2 Å². The minimum atomic E-state index is -3.78. The molecule has 1 amide bonds. The normalized spacial score (nSPS) is 20.2. The summed E-state index contributed by atoms with van der Waals surface area (Å²) in [6, 6.07) is 7.04. The van der Waals surface area contributed by atoms with Crippen LogP contribution in [0.25, 0.3) is 11.0 Å². The van der Waals surface area contributed by atoms with Crippen LogP contribution in [-0.4, -0.2) is 35.5 Å². The summed E-state index contributed by atoms with van der Waals surface area (Å²) in [7, 11) is -3.78. The number of nitrogens with one attached hydrogen (secondary N) is 2. The summed E-state index contributed by atoms with van der Waals surface area (Å²) in [5, 5.41) is 11.8. The van der Waals surface area contributed by atoms with E-state index in [0.717, 1.165) is 24.6 Å². The zero-order valence-electron chi connectivity index (χ0n) is 17.2. The summed E-state index contributed by atoms with van der Waals surface area (Å²) >= 11 is 0. The molecule has 0 radical (unpaired) electrons. The SMILES string of the molecule is NS(=O)(=O)c1ccc(Nc2ncc3cc4n(c3n2)C2(CCCCC2)C(=O)NC4CF)cc1. The average molecular weight is 459 g/mol. The number of sulfonamides is 1. The highest BCUT2D eigenvalue weighted by molar-refractivity contribution is 7.89. The Morgan fingerprint density at radius 1 is 1.22 bits per heavy atom. The quantitative estimate of drug-likeness (QED) is 0.551. The van der Waals surface area contributed by atoms with Crippen LogP contribution >= 0.6 is 0 Å². The number of amides is 1. The first-order chi connectivity index (χ1) is 15.3. The van der Waals surface area contributed by atoms with E-state index in [1.807, 2.05) is 10.6 Å². The van der Waals surface area contributed by atoms with E-state index < -0.39 is 28.3 Å². The number of aromatic nitrogens is 3. The number of rotatable bonds is 4. The molecule has 168 valence electrons. The number of anilines is 2. The van der Waals surface area contributed by atoms with Gasteiger partial charge in [-0.15, -0.1) is 0 Å². The fourth-order valence-corrected chi connectivity index (χ4v) is 5.32. The van der Waals surface area contributed by atoms with Crippen LogP contribution in [-0.2, 0) is 20.4 Å². The summed E-state index contributed by atoms with van der Waals surface area (Å²) in [6.07, 6.45) is 5.89. The zero-order chi connectivity index (χ0) is 22.5. The van der Waals surface area contributed by atoms with Crippen LogP contribution in [0, 0.1) is 0 Å². The molecule has 2 aromatic heterocycles. The summed E-state index contributed by atoms with van der Waals surface area (Å²) in [4.78, 5) is 22.1. The molecule has 1 aliphatic heterocycles. The van der Waals surface area contributed by atoms with E-state index >= 15 is 0 Å². The number of primary sulfonamides is 1. The molecule has 1 saturated carbocycles. The maximum atomic E-state index is 13.8. The lowest BCUT2D eigenvalue weighted by atomic mass is 9.79. The summed E-state index contributed by atoms with van der Waals surface area (Å²) in [5.41, 5.74) is 1.08. The molecule has 1 atom stereocenters. The Morgan fingerprint density at radius 3 is 2.59 bits per heavy atom. The van der Waals surface area contributed by atoms with Crippen molar-refractivity contribution in [1.82, 2.24) is 19.9 Å². The lowest BCUT2D eigenvalue weighted by Crippen LogP contribution is -2.56. The minimum absolute atomic E-state index is 0.00240. The van der Waals surface area contributed by atoms with Gasteiger partial charge in [0.05, 0.1) is 10.9 Å². The number of hydrogen-bond acceptors (Lipinski definition) is 6. The van der Waals surface area contributed by atoms with E-state index in [1.54, 1.807) is 18.3 Å². The smallest absolute Gasteiger partial charge is 0.246 e. The first-order valence-corrected chi connectivity index (χ1v) is 12.0. The van der Waals surface area contributed by atoms with Crippen LogP contribution in [0.1, 0.15) is 43.8 Å². The predicted octanol–water partition coefficient (Wildman–Crippen LogP) is 2.62. The number of fused-ring (bicyclic) bond motifs is 4. The van der Waals surface area contributed by atoms with Crippen molar-refractivity contribution in [2.24, 2.45) is 5.14 Å². The Labute approximate surface area is 184 Å². The molecule has 3 heterocycles. The van der Waals surface area contributed by atoms with Gasteiger partial charge < -0.3 is 15.2 Å². The molecule has 11 heteroatoms. The van der Waals surface area contributed by atoms with Crippen molar-refractivity contribution in [2.45, 2.75) is 48.6 Å². The molecular formula is C21H23FN6O3S. The van der Waals surface area contributed by atoms with Gasteiger partial charge in [-0.2, -0.15) is 4.98 Å². The van der Waals surface area contributed by atoms with E-state index in [4.69, 9.17) is 5.14 Å². The van der Waals surface area contributed by atoms with Gasteiger partial charge in [0.25, 0.3) is 0 Å². The maximum Gasteiger partial charge on any atom is 0.246 e. The molecule has 1 aromatic carbocycles. The van der Waals surface area contributed by atoms with Crippen molar-refractivity contribution in [2.75, 3.05) is 12.0 Å². The fraction of sp³-hybridized carbons (Fsp3) is 0.381. The lowest BCUT2D eigenvalue weighted by molar-refractivity contribution is -0.134.